The number of rotatable bonds is 11. The predicted molar refractivity (Wildman–Crippen MR) is 274 cm³/mol. The van der Waals surface area contributed by atoms with Gasteiger partial charge in [-0.2, -0.15) is 0 Å². The van der Waals surface area contributed by atoms with Crippen molar-refractivity contribution < 1.29 is 52.4 Å². The Kier molecular flexibility index (Phi) is 11.8. The molecular weight excluding hydrogens is 945 g/mol. The standard InChI is InChI=1S/C29H22N2O7.C29H24N2O5/c1-30(18-7-9-19(10-8-18)31(33)34)20-11-13-24-26(15-20)37-27-16-21(36-17-35-2)12-14-25(27)29(24)23-6-4-3-5-22(23)28(32)38-29;1-31(19-9-7-18(30)8-10-19)20-11-13-24-26(15-20)35-27-16-21(34-17-33-2)12-14-25(27)29(24)23-6-4-3-5-22(23)28(32)36-29/h3-16H,17H2,1-2H3;3-16H,17,30H2,1-2H3. The molecule has 16 heteroatoms. The largest absolute Gasteiger partial charge is 0.467 e. The Bertz CT molecular complexity index is 3530. The summed E-state index contributed by atoms with van der Waals surface area (Å²) in [7, 11) is 6.94. The van der Waals surface area contributed by atoms with Crippen LogP contribution in [0.4, 0.5) is 34.1 Å². The molecule has 4 heterocycles. The highest BCUT2D eigenvalue weighted by Gasteiger charge is 2.55. The van der Waals surface area contributed by atoms with E-state index < -0.39 is 22.1 Å². The zero-order valence-corrected chi connectivity index (χ0v) is 40.4. The van der Waals surface area contributed by atoms with E-state index in [0.717, 1.165) is 45.0 Å². The van der Waals surface area contributed by atoms with Crippen LogP contribution in [-0.2, 0) is 30.1 Å². The molecule has 8 aromatic carbocycles. The average Bonchev–Trinajstić information content (AvgIpc) is 3.92. The fraction of sp³-hybridized carbons (Fsp3) is 0.138. The normalized spacial score (nSPS) is 16.8. The van der Waals surface area contributed by atoms with E-state index in [4.69, 9.17) is 43.6 Å². The van der Waals surface area contributed by atoms with Gasteiger partial charge in [-0.3, -0.25) is 10.1 Å². The first-order chi connectivity index (χ1) is 35.9. The van der Waals surface area contributed by atoms with Gasteiger partial charge in [0.25, 0.3) is 5.69 Å². The summed E-state index contributed by atoms with van der Waals surface area (Å²) in [6, 6.07) is 51.2. The lowest BCUT2D eigenvalue weighted by Crippen LogP contribution is -2.33. The van der Waals surface area contributed by atoms with Crippen molar-refractivity contribution in [1.82, 2.24) is 0 Å². The van der Waals surface area contributed by atoms with Crippen molar-refractivity contribution in [2.75, 3.05) is 57.4 Å². The minimum atomic E-state index is -1.19. The Labute approximate surface area is 424 Å². The highest BCUT2D eigenvalue weighted by molar-refractivity contribution is 5.98. The number of ether oxygens (including phenoxy) is 8. The third-order valence-corrected chi connectivity index (χ3v) is 13.5. The minimum Gasteiger partial charge on any atom is -0.467 e. The van der Waals surface area contributed by atoms with E-state index in [2.05, 4.69) is 0 Å². The van der Waals surface area contributed by atoms with Gasteiger partial charge in [-0.05, 0) is 97.1 Å². The molecule has 2 N–H and O–H groups in total. The van der Waals surface area contributed by atoms with Gasteiger partial charge in [0, 0.05) is 127 Å². The van der Waals surface area contributed by atoms with Crippen molar-refractivity contribution in [3.8, 4) is 34.5 Å². The first-order valence-corrected chi connectivity index (χ1v) is 23.3. The van der Waals surface area contributed by atoms with Crippen molar-refractivity contribution in [1.29, 1.82) is 0 Å². The van der Waals surface area contributed by atoms with Crippen molar-refractivity contribution in [2.24, 2.45) is 0 Å². The summed E-state index contributed by atoms with van der Waals surface area (Å²) in [4.78, 5) is 40.6. The third kappa shape index (κ3) is 7.80. The van der Waals surface area contributed by atoms with E-state index in [1.807, 2.05) is 139 Å². The van der Waals surface area contributed by atoms with Crippen LogP contribution in [0.1, 0.15) is 54.1 Å². The van der Waals surface area contributed by atoms with Gasteiger partial charge < -0.3 is 53.4 Å². The Morgan fingerprint density at radius 3 is 1.30 bits per heavy atom. The number of fused-ring (bicyclic) bond motifs is 12. The number of anilines is 5. The van der Waals surface area contributed by atoms with Gasteiger partial charge in [0.05, 0.1) is 16.1 Å². The lowest BCUT2D eigenvalue weighted by Gasteiger charge is -2.37. The number of nitrogen functional groups attached to an aromatic ring is 1. The molecule has 4 aliphatic rings. The molecule has 0 radical (unpaired) electrons. The van der Waals surface area contributed by atoms with E-state index in [-0.39, 0.29) is 25.2 Å². The van der Waals surface area contributed by atoms with E-state index in [0.29, 0.717) is 62.4 Å². The van der Waals surface area contributed by atoms with E-state index >= 15 is 0 Å². The lowest BCUT2D eigenvalue weighted by atomic mass is 9.77. The van der Waals surface area contributed by atoms with Crippen LogP contribution in [0.3, 0.4) is 0 Å². The van der Waals surface area contributed by atoms with Crippen LogP contribution in [0.15, 0.2) is 170 Å². The molecule has 12 rings (SSSR count). The fourth-order valence-electron chi connectivity index (χ4n) is 9.93. The average molecular weight is 991 g/mol. The molecule has 0 fully saturated rings. The maximum absolute atomic E-state index is 13.0. The number of methoxy groups -OCH3 is 2. The second kappa shape index (κ2) is 18.7. The Hall–Kier alpha value is -9.38. The molecule has 0 bridgehead atoms. The van der Waals surface area contributed by atoms with Crippen LogP contribution >= 0.6 is 0 Å². The Morgan fingerprint density at radius 1 is 0.500 bits per heavy atom. The van der Waals surface area contributed by atoms with Gasteiger partial charge >= 0.3 is 11.9 Å². The molecule has 2 spiro atoms. The summed E-state index contributed by atoms with van der Waals surface area (Å²) < 4.78 is 46.6. The number of nitrogens with zero attached hydrogens (tertiary/aromatic N) is 3. The third-order valence-electron chi connectivity index (χ3n) is 13.5. The van der Waals surface area contributed by atoms with Gasteiger partial charge in [0.1, 0.15) is 34.5 Å². The lowest BCUT2D eigenvalue weighted by molar-refractivity contribution is -0.384. The summed E-state index contributed by atoms with van der Waals surface area (Å²) in [6.07, 6.45) is 0. The molecule has 0 aliphatic carbocycles. The smallest absolute Gasteiger partial charge is 0.340 e. The van der Waals surface area contributed by atoms with E-state index in [1.54, 1.807) is 49.6 Å². The summed E-state index contributed by atoms with van der Waals surface area (Å²) in [5, 5.41) is 11.1. The number of hydrogen-bond acceptors (Lipinski definition) is 15. The van der Waals surface area contributed by atoms with E-state index in [1.165, 1.54) is 19.2 Å². The molecule has 8 aromatic rings. The number of non-ortho nitro benzene ring substituents is 1. The first-order valence-electron chi connectivity index (χ1n) is 23.3. The van der Waals surface area contributed by atoms with Crippen LogP contribution in [-0.4, -0.2) is 58.8 Å². The highest BCUT2D eigenvalue weighted by Crippen LogP contribution is 2.59. The summed E-state index contributed by atoms with van der Waals surface area (Å²) in [5.74, 6) is 2.49. The Balaban J connectivity index is 0.000000159. The van der Waals surface area contributed by atoms with Crippen molar-refractivity contribution in [3.63, 3.8) is 0 Å². The van der Waals surface area contributed by atoms with Crippen LogP contribution in [0, 0.1) is 10.1 Å². The van der Waals surface area contributed by atoms with Crippen molar-refractivity contribution in [3.05, 3.63) is 224 Å². The van der Waals surface area contributed by atoms with Gasteiger partial charge in [0.15, 0.2) is 24.8 Å². The molecule has 2 atom stereocenters. The predicted octanol–water partition coefficient (Wildman–Crippen LogP) is 11.5. The van der Waals surface area contributed by atoms with Crippen LogP contribution in [0.2, 0.25) is 0 Å². The number of nitro benzene ring substituents is 1. The quantitative estimate of drug-likeness (QED) is 0.0424. The van der Waals surface area contributed by atoms with Crippen molar-refractivity contribution >= 4 is 46.1 Å². The molecule has 74 heavy (non-hydrogen) atoms. The summed E-state index contributed by atoms with van der Waals surface area (Å²) in [6.45, 7) is 0.178. The van der Waals surface area contributed by atoms with E-state index in [9.17, 15) is 19.7 Å². The van der Waals surface area contributed by atoms with Gasteiger partial charge in [0.2, 0.25) is 0 Å². The number of esters is 2. The molecule has 0 saturated carbocycles. The molecule has 0 aromatic heterocycles. The SMILES string of the molecule is COCOc1ccc2c(c1)Oc1cc(N(C)c3ccc(N)cc3)ccc1C21OC(=O)c2ccccc21.COCOc1ccc2c(c1)Oc1cc(N(C)c3ccc([N+](=O)[O-])cc3)ccc1C21OC(=O)c2ccccc21. The zero-order valence-electron chi connectivity index (χ0n) is 40.4. The monoisotopic (exact) mass is 990 g/mol. The Morgan fingerprint density at radius 2 is 0.878 bits per heavy atom. The van der Waals surface area contributed by atoms with Gasteiger partial charge in [-0.1, -0.05) is 36.4 Å². The maximum atomic E-state index is 13.0. The van der Waals surface area contributed by atoms with Crippen molar-refractivity contribution in [2.45, 2.75) is 11.2 Å². The molecular formula is C58H46N4O12. The molecule has 4 aliphatic heterocycles. The topological polar surface area (TPSA) is 184 Å². The van der Waals surface area contributed by atoms with Gasteiger partial charge in [-0.15, -0.1) is 0 Å². The second-order valence-corrected chi connectivity index (χ2v) is 17.7. The molecule has 2 unspecified atom stereocenters. The summed E-state index contributed by atoms with van der Waals surface area (Å²) >= 11 is 0. The highest BCUT2D eigenvalue weighted by atomic mass is 16.7. The molecule has 16 nitrogen and oxygen atoms in total. The second-order valence-electron chi connectivity index (χ2n) is 17.7. The first kappa shape index (κ1) is 47.0. The van der Waals surface area contributed by atoms with Crippen LogP contribution in [0.5, 0.6) is 34.5 Å². The van der Waals surface area contributed by atoms with Crippen LogP contribution < -0.4 is 34.5 Å². The number of nitro groups is 1. The number of nitrogens with two attached hydrogens (primary N) is 1. The number of benzene rings is 8. The van der Waals surface area contributed by atoms with Crippen LogP contribution in [0.25, 0.3) is 0 Å². The zero-order chi connectivity index (χ0) is 51.3. The summed E-state index contributed by atoms with van der Waals surface area (Å²) in [5.41, 5.74) is 13.1. The number of hydrogen-bond donors (Lipinski definition) is 1. The fourth-order valence-corrected chi connectivity index (χ4v) is 9.93. The maximum Gasteiger partial charge on any atom is 0.340 e. The van der Waals surface area contributed by atoms with Gasteiger partial charge in [-0.25, -0.2) is 9.59 Å². The molecule has 370 valence electrons. The molecule has 0 amide bonds. The number of carbonyl (C=O) groups is 2. The molecule has 0 saturated heterocycles. The minimum absolute atomic E-state index is 0.0164. The number of carbonyl (C=O) groups excluding carboxylic acids is 2.